The number of sulfonamides is 1. The van der Waals surface area contributed by atoms with Crippen LogP contribution in [-0.4, -0.2) is 21.4 Å². The lowest BCUT2D eigenvalue weighted by Gasteiger charge is -2.19. The summed E-state index contributed by atoms with van der Waals surface area (Å²) in [6, 6.07) is 19.9. The minimum atomic E-state index is -3.62. The van der Waals surface area contributed by atoms with E-state index in [1.807, 2.05) is 36.4 Å². The third-order valence-electron chi connectivity index (χ3n) is 5.48. The first kappa shape index (κ1) is 22.8. The molecule has 0 aliphatic carbocycles. The topological polar surface area (TPSA) is 84.5 Å². The Balaban J connectivity index is 1.63. The zero-order valence-electron chi connectivity index (χ0n) is 19.0. The highest BCUT2D eigenvalue weighted by atomic mass is 32.2. The van der Waals surface area contributed by atoms with E-state index in [0.29, 0.717) is 22.6 Å². The third kappa shape index (κ3) is 4.84. The Bertz CT molecular complexity index is 1350. The molecule has 0 saturated heterocycles. The van der Waals surface area contributed by atoms with Crippen molar-refractivity contribution in [1.82, 2.24) is 4.72 Å². The molecule has 6 nitrogen and oxygen atoms in total. The van der Waals surface area contributed by atoms with Crippen molar-refractivity contribution in [1.29, 1.82) is 0 Å². The normalized spacial score (nSPS) is 14.8. The predicted octanol–water partition coefficient (Wildman–Crippen LogP) is 5.18. The van der Waals surface area contributed by atoms with Crippen molar-refractivity contribution >= 4 is 33.3 Å². The van der Waals surface area contributed by atoms with Crippen LogP contribution in [0.2, 0.25) is 0 Å². The lowest BCUT2D eigenvalue weighted by molar-refractivity contribution is -0.110. The van der Waals surface area contributed by atoms with Gasteiger partial charge in [-0.15, -0.1) is 0 Å². The SMILES string of the molecule is CNS(=O)(=O)c1ccc2c(c1)C(=Cc1cccc(Oc3ccc(C(C)(C)C)cc3)c1)C(=O)N2. The summed E-state index contributed by atoms with van der Waals surface area (Å²) in [6.45, 7) is 6.48. The highest BCUT2D eigenvalue weighted by Crippen LogP contribution is 2.35. The minimum Gasteiger partial charge on any atom is -0.457 e. The fraction of sp³-hybridized carbons (Fsp3) is 0.192. The fourth-order valence-corrected chi connectivity index (χ4v) is 4.34. The van der Waals surface area contributed by atoms with Gasteiger partial charge in [0.15, 0.2) is 0 Å². The van der Waals surface area contributed by atoms with E-state index in [4.69, 9.17) is 4.74 Å². The number of nitrogens with one attached hydrogen (secondary N) is 2. The van der Waals surface area contributed by atoms with Crippen molar-refractivity contribution in [3.05, 3.63) is 83.4 Å². The second kappa shape index (κ2) is 8.50. The molecule has 1 aliphatic rings. The Morgan fingerprint density at radius 1 is 0.939 bits per heavy atom. The van der Waals surface area contributed by atoms with Crippen LogP contribution >= 0.6 is 0 Å². The van der Waals surface area contributed by atoms with Crippen LogP contribution < -0.4 is 14.8 Å². The molecule has 33 heavy (non-hydrogen) atoms. The summed E-state index contributed by atoms with van der Waals surface area (Å²) in [5, 5.41) is 2.78. The predicted molar refractivity (Wildman–Crippen MR) is 131 cm³/mol. The second-order valence-corrected chi connectivity index (χ2v) is 10.8. The van der Waals surface area contributed by atoms with E-state index in [2.05, 4.69) is 42.9 Å². The summed E-state index contributed by atoms with van der Waals surface area (Å²) >= 11 is 0. The molecule has 1 aliphatic heterocycles. The van der Waals surface area contributed by atoms with Crippen molar-refractivity contribution < 1.29 is 17.9 Å². The molecule has 0 atom stereocenters. The molecular formula is C26H26N2O4S. The molecule has 3 aromatic rings. The van der Waals surface area contributed by atoms with E-state index >= 15 is 0 Å². The maximum atomic E-state index is 12.6. The molecule has 0 fully saturated rings. The van der Waals surface area contributed by atoms with Crippen molar-refractivity contribution in [2.45, 2.75) is 31.1 Å². The first-order valence-electron chi connectivity index (χ1n) is 10.6. The number of hydrogen-bond donors (Lipinski definition) is 2. The molecule has 170 valence electrons. The van der Waals surface area contributed by atoms with Gasteiger partial charge in [0, 0.05) is 16.8 Å². The fourth-order valence-electron chi connectivity index (χ4n) is 3.59. The zero-order chi connectivity index (χ0) is 23.8. The van der Waals surface area contributed by atoms with E-state index in [1.165, 1.54) is 24.7 Å². The number of benzene rings is 3. The van der Waals surface area contributed by atoms with E-state index in [1.54, 1.807) is 12.1 Å². The highest BCUT2D eigenvalue weighted by molar-refractivity contribution is 7.89. The largest absolute Gasteiger partial charge is 0.457 e. The van der Waals surface area contributed by atoms with Gasteiger partial charge in [-0.25, -0.2) is 13.1 Å². The van der Waals surface area contributed by atoms with Gasteiger partial charge in [-0.1, -0.05) is 45.0 Å². The number of amides is 1. The number of carbonyl (C=O) groups is 1. The summed E-state index contributed by atoms with van der Waals surface area (Å²) in [6.07, 6.45) is 1.73. The first-order valence-corrected chi connectivity index (χ1v) is 12.0. The first-order chi connectivity index (χ1) is 15.6. The average molecular weight is 463 g/mol. The van der Waals surface area contributed by atoms with Crippen LogP contribution in [0, 0.1) is 0 Å². The zero-order valence-corrected chi connectivity index (χ0v) is 19.8. The summed E-state index contributed by atoms with van der Waals surface area (Å²) in [7, 11) is -2.27. The van der Waals surface area contributed by atoms with Gasteiger partial charge in [-0.2, -0.15) is 0 Å². The van der Waals surface area contributed by atoms with E-state index in [-0.39, 0.29) is 16.2 Å². The summed E-state index contributed by atoms with van der Waals surface area (Å²) < 4.78 is 32.7. The van der Waals surface area contributed by atoms with Gasteiger partial charge in [-0.3, -0.25) is 4.79 Å². The summed E-state index contributed by atoms with van der Waals surface area (Å²) in [4.78, 5) is 12.7. The van der Waals surface area contributed by atoms with E-state index in [0.717, 1.165) is 11.3 Å². The number of rotatable bonds is 5. The molecule has 0 unspecified atom stereocenters. The molecule has 0 aromatic heterocycles. The number of anilines is 1. The Labute approximate surface area is 194 Å². The standard InChI is InChI=1S/C26H26N2O4S/c1-26(2,3)18-8-10-19(11-9-18)32-20-7-5-6-17(14-20)15-23-22-16-21(33(30,31)27-4)12-13-24(22)28-25(23)29/h5-16,27H,1-4H3,(H,28,29). The summed E-state index contributed by atoms with van der Waals surface area (Å²) in [5.74, 6) is 1.07. The van der Waals surface area contributed by atoms with Crippen LogP contribution in [0.4, 0.5) is 5.69 Å². The molecule has 0 radical (unpaired) electrons. The van der Waals surface area contributed by atoms with Gasteiger partial charge in [0.2, 0.25) is 10.0 Å². The van der Waals surface area contributed by atoms with Crippen molar-refractivity contribution in [2.75, 3.05) is 12.4 Å². The molecule has 7 heteroatoms. The van der Waals surface area contributed by atoms with Gasteiger partial charge >= 0.3 is 0 Å². The van der Waals surface area contributed by atoms with Crippen LogP contribution in [0.5, 0.6) is 11.5 Å². The third-order valence-corrected chi connectivity index (χ3v) is 6.89. The Kier molecular flexibility index (Phi) is 5.86. The van der Waals surface area contributed by atoms with E-state index < -0.39 is 10.0 Å². The molecule has 1 heterocycles. The van der Waals surface area contributed by atoms with Crippen LogP contribution in [0.3, 0.4) is 0 Å². The van der Waals surface area contributed by atoms with Crippen molar-refractivity contribution in [2.24, 2.45) is 0 Å². The minimum absolute atomic E-state index is 0.0646. The van der Waals surface area contributed by atoms with Gasteiger partial charge in [-0.05, 0) is 72.1 Å². The molecule has 0 saturated carbocycles. The number of fused-ring (bicyclic) bond motifs is 1. The molecule has 1 amide bonds. The second-order valence-electron chi connectivity index (χ2n) is 8.88. The molecule has 0 bridgehead atoms. The Hall–Kier alpha value is -3.42. The Morgan fingerprint density at radius 2 is 1.67 bits per heavy atom. The van der Waals surface area contributed by atoms with Gasteiger partial charge in [0.1, 0.15) is 11.5 Å². The van der Waals surface area contributed by atoms with Crippen LogP contribution in [0.25, 0.3) is 11.6 Å². The van der Waals surface area contributed by atoms with Crippen LogP contribution in [-0.2, 0) is 20.2 Å². The van der Waals surface area contributed by atoms with Crippen molar-refractivity contribution in [3.63, 3.8) is 0 Å². The lowest BCUT2D eigenvalue weighted by Crippen LogP contribution is -2.18. The molecular weight excluding hydrogens is 436 g/mol. The lowest BCUT2D eigenvalue weighted by atomic mass is 9.87. The van der Waals surface area contributed by atoms with Gasteiger partial charge in [0.25, 0.3) is 5.91 Å². The average Bonchev–Trinajstić information content (AvgIpc) is 3.08. The number of carbonyl (C=O) groups excluding carboxylic acids is 1. The molecule has 4 rings (SSSR count). The molecule has 3 aromatic carbocycles. The quantitative estimate of drug-likeness (QED) is 0.512. The van der Waals surface area contributed by atoms with Crippen LogP contribution in [0.15, 0.2) is 71.6 Å². The maximum Gasteiger partial charge on any atom is 0.256 e. The maximum absolute atomic E-state index is 12.6. The van der Waals surface area contributed by atoms with Gasteiger partial charge < -0.3 is 10.1 Å². The smallest absolute Gasteiger partial charge is 0.256 e. The number of ether oxygens (including phenoxy) is 1. The highest BCUT2D eigenvalue weighted by Gasteiger charge is 2.26. The molecule has 0 spiro atoms. The van der Waals surface area contributed by atoms with E-state index in [9.17, 15) is 13.2 Å². The summed E-state index contributed by atoms with van der Waals surface area (Å²) in [5.41, 5.74) is 3.56. The Morgan fingerprint density at radius 3 is 2.33 bits per heavy atom. The van der Waals surface area contributed by atoms with Gasteiger partial charge in [0.05, 0.1) is 4.90 Å². The molecule has 2 N–H and O–H groups in total. The van der Waals surface area contributed by atoms with Crippen molar-refractivity contribution in [3.8, 4) is 11.5 Å². The van der Waals surface area contributed by atoms with Crippen LogP contribution in [0.1, 0.15) is 37.5 Å². The number of hydrogen-bond acceptors (Lipinski definition) is 4. The monoisotopic (exact) mass is 462 g/mol.